The van der Waals surface area contributed by atoms with Crippen molar-refractivity contribution in [3.05, 3.63) is 101 Å². The second kappa shape index (κ2) is 11.7. The van der Waals surface area contributed by atoms with E-state index in [2.05, 4.69) is 14.9 Å². The lowest BCUT2D eigenvalue weighted by atomic mass is 10.0. The summed E-state index contributed by atoms with van der Waals surface area (Å²) in [6, 6.07) is 12.7. The molecule has 0 radical (unpaired) electrons. The highest BCUT2D eigenvalue weighted by atomic mass is 19.1. The number of nitrogens with two attached hydrogens (primary N) is 2. The summed E-state index contributed by atoms with van der Waals surface area (Å²) in [4.78, 5) is 23.9. The fraction of sp³-hybridized carbons (Fsp3) is 0.233. The molecule has 2 aromatic carbocycles. The van der Waals surface area contributed by atoms with Gasteiger partial charge in [-0.2, -0.15) is 0 Å². The van der Waals surface area contributed by atoms with E-state index in [1.165, 1.54) is 30.3 Å². The van der Waals surface area contributed by atoms with Crippen LogP contribution in [0, 0.1) is 17.5 Å². The molecule has 1 aliphatic heterocycles. The molecule has 0 unspecified atom stereocenters. The van der Waals surface area contributed by atoms with Crippen molar-refractivity contribution in [3.8, 4) is 17.0 Å². The van der Waals surface area contributed by atoms with Crippen molar-refractivity contribution in [2.45, 2.75) is 31.9 Å². The zero-order valence-corrected chi connectivity index (χ0v) is 21.6. The number of Topliss-reactive ketones (excluding diaryl/α,β-unsaturated/α-hetero) is 1. The van der Waals surface area contributed by atoms with Crippen LogP contribution < -0.4 is 21.1 Å². The lowest BCUT2D eigenvalue weighted by molar-refractivity contribution is 0.0989. The van der Waals surface area contributed by atoms with E-state index >= 15 is 4.39 Å². The Bertz CT molecular complexity index is 1550. The number of hydrogen-bond donors (Lipinski definition) is 2. The van der Waals surface area contributed by atoms with Gasteiger partial charge in [-0.3, -0.25) is 9.78 Å². The summed E-state index contributed by atoms with van der Waals surface area (Å²) >= 11 is 0. The Morgan fingerprint density at radius 2 is 1.85 bits per heavy atom. The van der Waals surface area contributed by atoms with Gasteiger partial charge < -0.3 is 21.1 Å². The summed E-state index contributed by atoms with van der Waals surface area (Å²) in [7, 11) is 0. The van der Waals surface area contributed by atoms with Gasteiger partial charge in [-0.15, -0.1) is 0 Å². The molecule has 206 valence electrons. The average Bonchev–Trinajstić information content (AvgIpc) is 2.94. The number of nitrogens with zero attached hydrogens (tertiary/aromatic N) is 3. The Morgan fingerprint density at radius 3 is 2.65 bits per heavy atom. The number of rotatable bonds is 8. The number of aromatic nitrogens is 2. The quantitative estimate of drug-likeness (QED) is 0.297. The van der Waals surface area contributed by atoms with E-state index in [4.69, 9.17) is 16.2 Å². The SMILES string of the molecule is Nc1ccc(-c2c(F)ccc(OCc3ccccc3F)c2F)nc1C(=O)Cc1cnccc1N1CCC[C@H](N)C1. The minimum absolute atomic E-state index is 0.0377. The van der Waals surface area contributed by atoms with Crippen molar-refractivity contribution < 1.29 is 22.7 Å². The number of carbonyl (C=O) groups is 1. The van der Waals surface area contributed by atoms with Gasteiger partial charge in [0, 0.05) is 54.8 Å². The Hall–Kier alpha value is -4.44. The summed E-state index contributed by atoms with van der Waals surface area (Å²) in [6.07, 6.45) is 5.08. The van der Waals surface area contributed by atoms with Crippen LogP contribution in [0.5, 0.6) is 5.75 Å². The summed E-state index contributed by atoms with van der Waals surface area (Å²) in [5.41, 5.74) is 13.3. The molecule has 0 spiro atoms. The number of piperidine rings is 1. The first kappa shape index (κ1) is 27.1. The molecule has 3 heterocycles. The lowest BCUT2D eigenvalue weighted by Gasteiger charge is -2.33. The van der Waals surface area contributed by atoms with Crippen molar-refractivity contribution in [3.63, 3.8) is 0 Å². The molecule has 1 saturated heterocycles. The Balaban J connectivity index is 1.41. The van der Waals surface area contributed by atoms with E-state index in [-0.39, 0.29) is 47.5 Å². The fourth-order valence-electron chi connectivity index (χ4n) is 4.83. The number of ether oxygens (including phenoxy) is 1. The van der Waals surface area contributed by atoms with Crippen LogP contribution in [-0.2, 0) is 13.0 Å². The zero-order chi connectivity index (χ0) is 28.2. The monoisotopic (exact) mass is 547 g/mol. The van der Waals surface area contributed by atoms with Crippen LogP contribution >= 0.6 is 0 Å². The van der Waals surface area contributed by atoms with Crippen LogP contribution in [0.15, 0.2) is 67.0 Å². The number of ketones is 1. The van der Waals surface area contributed by atoms with E-state index < -0.39 is 28.8 Å². The first-order valence-corrected chi connectivity index (χ1v) is 12.9. The van der Waals surface area contributed by atoms with E-state index in [0.717, 1.165) is 37.2 Å². The number of halogens is 3. The van der Waals surface area contributed by atoms with Crippen molar-refractivity contribution in [1.82, 2.24) is 9.97 Å². The number of pyridine rings is 2. The third kappa shape index (κ3) is 5.76. The van der Waals surface area contributed by atoms with Crippen LogP contribution in [0.4, 0.5) is 24.5 Å². The van der Waals surface area contributed by atoms with Gasteiger partial charge in [0.15, 0.2) is 17.3 Å². The maximum absolute atomic E-state index is 15.5. The third-order valence-corrected chi connectivity index (χ3v) is 6.87. The van der Waals surface area contributed by atoms with Crippen molar-refractivity contribution in [2.24, 2.45) is 5.73 Å². The first-order chi connectivity index (χ1) is 19.3. The number of benzene rings is 2. The average molecular weight is 548 g/mol. The molecule has 2 aromatic heterocycles. The maximum atomic E-state index is 15.5. The van der Waals surface area contributed by atoms with E-state index in [1.54, 1.807) is 18.5 Å². The Kier molecular flexibility index (Phi) is 7.97. The molecule has 1 aliphatic rings. The highest BCUT2D eigenvalue weighted by molar-refractivity contribution is 6.01. The normalized spacial score (nSPS) is 15.2. The maximum Gasteiger partial charge on any atom is 0.187 e. The zero-order valence-electron chi connectivity index (χ0n) is 21.6. The summed E-state index contributed by atoms with van der Waals surface area (Å²) < 4.78 is 49.8. The molecule has 1 fully saturated rings. The molecule has 4 aromatic rings. The second-order valence-corrected chi connectivity index (χ2v) is 9.70. The standard InChI is InChI=1S/C30H28F3N5O2/c31-21-6-2-1-4-18(21)17-40-27-10-7-22(32)28(29(27)33)24-9-8-23(35)30(37-24)26(39)14-19-15-36-12-11-25(19)38-13-3-5-20(34)16-38/h1-2,4,6-12,15,20H,3,5,13-14,16-17,34-35H2/t20-/m0/s1. The van der Waals surface area contributed by atoms with Gasteiger partial charge in [-0.1, -0.05) is 18.2 Å². The van der Waals surface area contributed by atoms with E-state index in [9.17, 15) is 13.6 Å². The van der Waals surface area contributed by atoms with Crippen molar-refractivity contribution in [2.75, 3.05) is 23.7 Å². The highest BCUT2D eigenvalue weighted by Crippen LogP contribution is 2.33. The molecular weight excluding hydrogens is 519 g/mol. The van der Waals surface area contributed by atoms with Gasteiger partial charge in [0.05, 0.1) is 16.9 Å². The summed E-state index contributed by atoms with van der Waals surface area (Å²) in [6.45, 7) is 1.21. The number of carbonyl (C=O) groups excluding carboxylic acids is 1. The molecule has 0 bridgehead atoms. The predicted octanol–water partition coefficient (Wildman–Crippen LogP) is 5.08. The van der Waals surface area contributed by atoms with Gasteiger partial charge in [0.2, 0.25) is 0 Å². The summed E-state index contributed by atoms with van der Waals surface area (Å²) in [5, 5.41) is 0. The van der Waals surface area contributed by atoms with Crippen LogP contribution in [0.25, 0.3) is 11.3 Å². The Labute approximate surface area is 229 Å². The minimum atomic E-state index is -1.03. The smallest absolute Gasteiger partial charge is 0.187 e. The number of hydrogen-bond acceptors (Lipinski definition) is 7. The molecule has 0 amide bonds. The van der Waals surface area contributed by atoms with E-state index in [0.29, 0.717) is 12.1 Å². The molecule has 5 rings (SSSR count). The van der Waals surface area contributed by atoms with Gasteiger partial charge in [0.1, 0.15) is 23.9 Å². The van der Waals surface area contributed by atoms with Crippen LogP contribution in [0.1, 0.15) is 34.5 Å². The second-order valence-electron chi connectivity index (χ2n) is 9.70. The van der Waals surface area contributed by atoms with Gasteiger partial charge in [-0.25, -0.2) is 18.2 Å². The van der Waals surface area contributed by atoms with Gasteiger partial charge in [0.25, 0.3) is 0 Å². The minimum Gasteiger partial charge on any atom is -0.486 e. The van der Waals surface area contributed by atoms with Crippen LogP contribution in [0.3, 0.4) is 0 Å². The van der Waals surface area contributed by atoms with Crippen molar-refractivity contribution >= 4 is 17.2 Å². The molecule has 0 aliphatic carbocycles. The van der Waals surface area contributed by atoms with Crippen LogP contribution in [-0.4, -0.2) is 34.9 Å². The lowest BCUT2D eigenvalue weighted by Crippen LogP contribution is -2.43. The largest absolute Gasteiger partial charge is 0.486 e. The summed E-state index contributed by atoms with van der Waals surface area (Å²) in [5.74, 6) is -3.15. The van der Waals surface area contributed by atoms with Gasteiger partial charge >= 0.3 is 0 Å². The molecule has 1 atom stereocenters. The number of anilines is 2. The first-order valence-electron chi connectivity index (χ1n) is 12.9. The predicted molar refractivity (Wildman–Crippen MR) is 146 cm³/mol. The highest BCUT2D eigenvalue weighted by Gasteiger charge is 2.24. The van der Waals surface area contributed by atoms with Crippen LogP contribution in [0.2, 0.25) is 0 Å². The third-order valence-electron chi connectivity index (χ3n) is 6.87. The molecule has 40 heavy (non-hydrogen) atoms. The molecule has 7 nitrogen and oxygen atoms in total. The molecule has 4 N–H and O–H groups in total. The Morgan fingerprint density at radius 1 is 1.02 bits per heavy atom. The fourth-order valence-corrected chi connectivity index (χ4v) is 4.83. The van der Waals surface area contributed by atoms with Gasteiger partial charge in [-0.05, 0) is 49.2 Å². The topological polar surface area (TPSA) is 107 Å². The molecule has 10 heteroatoms. The molecule has 0 saturated carbocycles. The van der Waals surface area contributed by atoms with E-state index in [1.807, 2.05) is 6.07 Å². The number of nitrogen functional groups attached to an aromatic ring is 1. The molecular formula is C30H28F3N5O2. The van der Waals surface area contributed by atoms with Crippen molar-refractivity contribution in [1.29, 1.82) is 0 Å².